The number of rotatable bonds is 13. The quantitative estimate of drug-likeness (QED) is 0.109. The summed E-state index contributed by atoms with van der Waals surface area (Å²) in [5.41, 5.74) is -7.03. The molecule has 1 fully saturated rings. The first-order chi connectivity index (χ1) is 32.1. The van der Waals surface area contributed by atoms with Gasteiger partial charge in [0, 0.05) is 37.9 Å². The van der Waals surface area contributed by atoms with Crippen molar-refractivity contribution in [2.24, 2.45) is 13.0 Å². The molecule has 3 atom stereocenters. The fourth-order valence-corrected chi connectivity index (χ4v) is 9.49. The number of amides is 1. The molecule has 2 aliphatic rings. The van der Waals surface area contributed by atoms with Crippen molar-refractivity contribution in [1.82, 2.24) is 49.2 Å². The van der Waals surface area contributed by atoms with E-state index in [1.165, 1.54) is 19.2 Å². The normalized spacial score (nSPS) is 17.2. The van der Waals surface area contributed by atoms with Gasteiger partial charge < -0.3 is 5.32 Å². The molecule has 0 aliphatic heterocycles. The molecule has 7 aromatic rings. The van der Waals surface area contributed by atoms with Crippen molar-refractivity contribution >= 4 is 55.3 Å². The summed E-state index contributed by atoms with van der Waals surface area (Å²) in [6.45, 7) is -2.28. The van der Waals surface area contributed by atoms with E-state index in [9.17, 15) is 52.7 Å². The average molecular weight is 1020 g/mol. The zero-order valence-electron chi connectivity index (χ0n) is 35.4. The van der Waals surface area contributed by atoms with Crippen molar-refractivity contribution in [2.75, 3.05) is 11.0 Å². The molecule has 364 valence electrons. The highest BCUT2D eigenvalue weighted by molar-refractivity contribution is 7.92. The number of carbonyl (C=O) groups excluding carboxylic acids is 1. The van der Waals surface area contributed by atoms with Crippen LogP contribution in [0.5, 0.6) is 0 Å². The number of hydrogen-bond acceptors (Lipinski definition) is 9. The number of aromatic nitrogens is 9. The third-order valence-corrected chi connectivity index (χ3v) is 12.3. The Balaban J connectivity index is 1.27. The lowest BCUT2D eigenvalue weighted by Crippen LogP contribution is -2.38. The molecule has 5 aromatic heterocycles. The van der Waals surface area contributed by atoms with Crippen LogP contribution in [0, 0.1) is 17.6 Å². The van der Waals surface area contributed by atoms with Crippen molar-refractivity contribution in [1.29, 1.82) is 0 Å². The van der Waals surface area contributed by atoms with E-state index >= 15 is 13.6 Å². The second-order valence-corrected chi connectivity index (χ2v) is 18.9. The summed E-state index contributed by atoms with van der Waals surface area (Å²) >= 11 is 6.57. The maximum atomic E-state index is 15.6. The number of pyridine rings is 1. The number of sulfonamides is 1. The molecule has 69 heavy (non-hydrogen) atoms. The lowest BCUT2D eigenvalue weighted by molar-refractivity contribution is -0.146. The second-order valence-electron chi connectivity index (χ2n) is 16.7. The fourth-order valence-electron chi connectivity index (χ4n) is 8.76. The van der Waals surface area contributed by atoms with Gasteiger partial charge in [0.2, 0.25) is 15.9 Å². The summed E-state index contributed by atoms with van der Waals surface area (Å²) in [5, 5.41) is 13.5. The minimum Gasteiger partial charge on any atom is -0.344 e. The van der Waals surface area contributed by atoms with Crippen LogP contribution in [0.25, 0.3) is 39.0 Å². The summed E-state index contributed by atoms with van der Waals surface area (Å²) in [7, 11) is -2.70. The first kappa shape index (κ1) is 47.4. The van der Waals surface area contributed by atoms with Crippen molar-refractivity contribution in [3.05, 3.63) is 110 Å². The van der Waals surface area contributed by atoms with Gasteiger partial charge in [0.05, 0.1) is 45.0 Å². The lowest BCUT2D eigenvalue weighted by Gasteiger charge is -2.24. The molecule has 28 heteroatoms. The van der Waals surface area contributed by atoms with Crippen LogP contribution in [0.3, 0.4) is 0 Å². The second kappa shape index (κ2) is 16.2. The molecular formula is C41H31ClF11N11O4S. The fraction of sp³-hybridized carbons (Fsp3) is 0.341. The number of nitrogens with zero attached hydrogens (tertiary/aromatic N) is 9. The Morgan fingerprint density at radius 2 is 1.65 bits per heavy atom. The van der Waals surface area contributed by atoms with Gasteiger partial charge in [-0.2, -0.15) is 37.2 Å². The van der Waals surface area contributed by atoms with E-state index in [4.69, 9.17) is 11.6 Å². The van der Waals surface area contributed by atoms with Gasteiger partial charge in [-0.05, 0) is 60.4 Å². The summed E-state index contributed by atoms with van der Waals surface area (Å²) in [4.78, 5) is 38.0. The van der Waals surface area contributed by atoms with Crippen LogP contribution < -0.4 is 15.6 Å². The number of nitrogens with one attached hydrogen (secondary N) is 2. The number of aryl methyl sites for hydroxylation is 1. The molecule has 5 heterocycles. The largest absolute Gasteiger partial charge is 0.433 e. The van der Waals surface area contributed by atoms with E-state index in [2.05, 4.69) is 35.3 Å². The number of benzene rings is 2. The Kier molecular flexibility index (Phi) is 11.2. The topological polar surface area (TPSA) is 177 Å². The summed E-state index contributed by atoms with van der Waals surface area (Å²) < 4.78 is 189. The molecule has 1 amide bonds. The highest BCUT2D eigenvalue weighted by Gasteiger charge is 2.67. The Bertz CT molecular complexity index is 3440. The van der Waals surface area contributed by atoms with Gasteiger partial charge in [-0.1, -0.05) is 11.6 Å². The third kappa shape index (κ3) is 8.73. The van der Waals surface area contributed by atoms with Crippen molar-refractivity contribution in [3.8, 4) is 17.1 Å². The minimum atomic E-state index is -5.19. The van der Waals surface area contributed by atoms with Gasteiger partial charge >= 0.3 is 6.18 Å². The average Bonchev–Trinajstić information content (AvgIpc) is 3.46. The van der Waals surface area contributed by atoms with Gasteiger partial charge in [0.15, 0.2) is 11.5 Å². The van der Waals surface area contributed by atoms with Gasteiger partial charge in [0.1, 0.15) is 53.3 Å². The highest BCUT2D eigenvalue weighted by Crippen LogP contribution is 2.68. The molecule has 0 bridgehead atoms. The standard InChI is InChI=1S/C41H31ClF11N11O4S/c1-39(47,48)15-63-27(41(51,52)53)13-24(57-63)23-6-4-19-35(55-23)56-37(64(38(19)66)26-7-5-22(42)30-32(26)61(2)59-36(30)60-69(3,67)68)25(10-16-8-17(43)11-18(44)9-16)54-28(65)14-62-33-29(31(58-62)34(45)46)20-12-21(20)40(33,49)50/h4-9,11,13,20-21,25,34H,10,12,14-15H2,1-3H3,(H,54,65)(H,59,60)/t20-,21+,25-/m0/s1. The lowest BCUT2D eigenvalue weighted by atomic mass is 10.0. The molecule has 0 unspecified atom stereocenters. The molecule has 0 saturated heterocycles. The number of carbonyl (C=O) groups is 1. The van der Waals surface area contributed by atoms with E-state index in [-0.39, 0.29) is 44.1 Å². The highest BCUT2D eigenvalue weighted by atomic mass is 35.5. The Morgan fingerprint density at radius 1 is 0.957 bits per heavy atom. The molecule has 0 radical (unpaired) electrons. The van der Waals surface area contributed by atoms with Gasteiger partial charge in [-0.25, -0.2) is 44.7 Å². The minimum absolute atomic E-state index is 0.0203. The molecule has 0 spiro atoms. The first-order valence-corrected chi connectivity index (χ1v) is 22.5. The van der Waals surface area contributed by atoms with E-state index < -0.39 is 146 Å². The van der Waals surface area contributed by atoms with Crippen LogP contribution in [0.1, 0.15) is 65.8 Å². The monoisotopic (exact) mass is 1020 g/mol. The van der Waals surface area contributed by atoms with Gasteiger partial charge in [-0.3, -0.25) is 32.9 Å². The predicted octanol–water partition coefficient (Wildman–Crippen LogP) is 7.95. The van der Waals surface area contributed by atoms with Crippen LogP contribution in [0.4, 0.5) is 54.1 Å². The van der Waals surface area contributed by atoms with Crippen LogP contribution in [0.15, 0.2) is 53.3 Å². The van der Waals surface area contributed by atoms with Crippen LogP contribution >= 0.6 is 11.6 Å². The summed E-state index contributed by atoms with van der Waals surface area (Å²) in [6.07, 6.45) is -8.46. The molecular weight excluding hydrogens is 987 g/mol. The summed E-state index contributed by atoms with van der Waals surface area (Å²) in [6, 6.07) is 5.38. The Labute approximate surface area is 384 Å². The van der Waals surface area contributed by atoms with E-state index in [1.54, 1.807) is 0 Å². The maximum absolute atomic E-state index is 15.6. The van der Waals surface area contributed by atoms with Crippen molar-refractivity contribution in [2.45, 2.75) is 69.3 Å². The van der Waals surface area contributed by atoms with E-state index in [0.29, 0.717) is 23.7 Å². The SMILES string of the molecule is Cn1nc(NS(C)(=O)=O)c2c(Cl)ccc(-n3c([C@H](Cc4cc(F)cc(F)c4)NC(=O)Cn4nc(C(F)F)c5c4C(F)(F)[C@@H]4C[C@H]54)nc4nc(-c5cc(C(F)(F)F)n(CC(C)(F)F)n5)ccc4c3=O)c21. The smallest absolute Gasteiger partial charge is 0.344 e. The molecule has 2 N–H and O–H groups in total. The zero-order chi connectivity index (χ0) is 50.0. The maximum Gasteiger partial charge on any atom is 0.433 e. The van der Waals surface area contributed by atoms with Crippen molar-refractivity contribution < 1.29 is 61.5 Å². The number of halogens is 12. The number of anilines is 1. The van der Waals surface area contributed by atoms with Gasteiger partial charge in [0.25, 0.3) is 23.8 Å². The first-order valence-electron chi connectivity index (χ1n) is 20.2. The zero-order valence-corrected chi connectivity index (χ0v) is 36.9. The van der Waals surface area contributed by atoms with E-state index in [1.807, 2.05) is 0 Å². The number of fused-ring (bicyclic) bond motifs is 5. The van der Waals surface area contributed by atoms with Crippen molar-refractivity contribution in [3.63, 3.8) is 0 Å². The van der Waals surface area contributed by atoms with E-state index in [0.717, 1.165) is 39.8 Å². The molecule has 1 saturated carbocycles. The van der Waals surface area contributed by atoms with Gasteiger partial charge in [-0.15, -0.1) is 0 Å². The molecule has 2 aromatic carbocycles. The molecule has 9 rings (SSSR count). The van der Waals surface area contributed by atoms with Crippen LogP contribution in [0.2, 0.25) is 5.02 Å². The Hall–Kier alpha value is -6.64. The van der Waals surface area contributed by atoms with Crippen LogP contribution in [-0.2, 0) is 53.5 Å². The third-order valence-electron chi connectivity index (χ3n) is 11.4. The summed E-state index contributed by atoms with van der Waals surface area (Å²) in [5.74, 6) is -13.9. The molecule has 15 nitrogen and oxygen atoms in total. The Morgan fingerprint density at radius 3 is 2.29 bits per heavy atom. The number of alkyl halides is 9. The van der Waals surface area contributed by atoms with Crippen LogP contribution in [-0.4, -0.2) is 70.4 Å². The number of hydrogen-bond donors (Lipinski definition) is 2. The molecule has 2 aliphatic carbocycles. The predicted molar refractivity (Wildman–Crippen MR) is 223 cm³/mol.